The average molecular weight is 190 g/mol. The van der Waals surface area contributed by atoms with Gasteiger partial charge in [-0.25, -0.2) is 0 Å². The van der Waals surface area contributed by atoms with Gasteiger partial charge in [-0.2, -0.15) is 5.26 Å². The lowest BCUT2D eigenvalue weighted by atomic mass is 10.0. The zero-order valence-corrected chi connectivity index (χ0v) is 7.84. The van der Waals surface area contributed by atoms with Crippen LogP contribution in [0.5, 0.6) is 0 Å². The number of carbonyl (C=O) groups is 1. The highest BCUT2D eigenvalue weighted by atomic mass is 32.2. The van der Waals surface area contributed by atoms with Crippen LogP contribution in [0.3, 0.4) is 0 Å². The molecule has 1 aliphatic rings. The van der Waals surface area contributed by atoms with E-state index in [1.165, 1.54) is 0 Å². The number of thiol groups is 1. The molecule has 2 nitrogen and oxygen atoms in total. The summed E-state index contributed by atoms with van der Waals surface area (Å²) in [5.74, 6) is 1.72. The lowest BCUT2D eigenvalue weighted by Gasteiger charge is -2.08. The predicted octanol–water partition coefficient (Wildman–Crippen LogP) is 1.07. The molecule has 1 aromatic rings. The highest BCUT2D eigenvalue weighted by Gasteiger charge is 2.22. The zero-order chi connectivity index (χ0) is 9.26. The normalized spacial score (nSPS) is 14.8. The molecule has 64 valence electrons. The molecular weight excluding hydrogens is 182 g/mol. The van der Waals surface area contributed by atoms with Crippen molar-refractivity contribution in [1.29, 1.82) is 5.26 Å². The van der Waals surface area contributed by atoms with Crippen molar-refractivity contribution in [3.05, 3.63) is 34.9 Å². The van der Waals surface area contributed by atoms with Crippen LogP contribution in [-0.2, 0) is 17.5 Å². The molecule has 3 heteroatoms. The van der Waals surface area contributed by atoms with Gasteiger partial charge in [0.15, 0.2) is 5.75 Å². The third-order valence-electron chi connectivity index (χ3n) is 2.07. The van der Waals surface area contributed by atoms with E-state index in [1.807, 2.05) is 6.07 Å². The number of nitriles is 1. The van der Waals surface area contributed by atoms with E-state index in [-0.39, 0.29) is 5.78 Å². The molecule has 0 amide bonds. The molecule has 2 rings (SSSR count). The van der Waals surface area contributed by atoms with Crippen molar-refractivity contribution < 1.29 is 4.79 Å². The van der Waals surface area contributed by atoms with Crippen LogP contribution < -0.4 is 0 Å². The molecule has 0 bridgehead atoms. The highest BCUT2D eigenvalue weighted by Crippen LogP contribution is 2.18. The van der Waals surface area contributed by atoms with E-state index < -0.39 is 0 Å². The van der Waals surface area contributed by atoms with Crippen molar-refractivity contribution in [2.45, 2.75) is 5.75 Å². The molecule has 1 aliphatic heterocycles. The predicted molar refractivity (Wildman–Crippen MR) is 52.8 cm³/mol. The second kappa shape index (κ2) is 3.23. The largest absolute Gasteiger partial charge is 0.289 e. The lowest BCUT2D eigenvalue weighted by molar-refractivity contribution is 0.102. The van der Waals surface area contributed by atoms with Gasteiger partial charge in [0.25, 0.3) is 0 Å². The van der Waals surface area contributed by atoms with Gasteiger partial charge in [0.1, 0.15) is 5.75 Å². The molecule has 0 saturated carbocycles. The van der Waals surface area contributed by atoms with Gasteiger partial charge in [-0.3, -0.25) is 4.79 Å². The molecule has 0 saturated heterocycles. The third kappa shape index (κ3) is 1.45. The summed E-state index contributed by atoms with van der Waals surface area (Å²) in [7, 11) is 0. The highest BCUT2D eigenvalue weighted by molar-refractivity contribution is 7.78. The summed E-state index contributed by atoms with van der Waals surface area (Å²) in [5.41, 5.74) is 2.47. The Balaban J connectivity index is 2.53. The number of benzene rings is 1. The lowest BCUT2D eigenvalue weighted by Crippen LogP contribution is -2.17. The standard InChI is InChI=1S/C10H7NOS/c11-4-7-1-2-9-8(3-7)5-13-6-10(9)12/h1-3H,5-6H2/p+1. The SMILES string of the molecule is N#Cc1ccc2c(c1)C[SH+]CC2=O. The fraction of sp³-hybridized carbons (Fsp3) is 0.200. The fourth-order valence-electron chi connectivity index (χ4n) is 1.43. The molecule has 0 fully saturated rings. The van der Waals surface area contributed by atoms with Crippen LogP contribution >= 0.6 is 0 Å². The van der Waals surface area contributed by atoms with Crippen molar-refractivity contribution in [3.8, 4) is 6.07 Å². The summed E-state index contributed by atoms with van der Waals surface area (Å²) in [4.78, 5) is 11.4. The summed E-state index contributed by atoms with van der Waals surface area (Å²) in [6.45, 7) is 0. The van der Waals surface area contributed by atoms with Crippen LogP contribution in [-0.4, -0.2) is 11.5 Å². The Morgan fingerprint density at radius 1 is 1.38 bits per heavy atom. The van der Waals surface area contributed by atoms with Gasteiger partial charge in [0.2, 0.25) is 5.78 Å². The first-order chi connectivity index (χ1) is 6.31. The Labute approximate surface area is 80.6 Å². The number of carbonyl (C=O) groups excluding carboxylic acids is 1. The quantitative estimate of drug-likeness (QED) is 0.453. The van der Waals surface area contributed by atoms with Gasteiger partial charge in [-0.05, 0) is 30.0 Å². The van der Waals surface area contributed by atoms with E-state index in [9.17, 15) is 4.79 Å². The van der Waals surface area contributed by atoms with Crippen LogP contribution in [0.4, 0.5) is 0 Å². The minimum Gasteiger partial charge on any atom is -0.289 e. The molecule has 0 atom stereocenters. The van der Waals surface area contributed by atoms with Crippen molar-refractivity contribution in [2.75, 3.05) is 5.75 Å². The molecule has 0 N–H and O–H groups in total. The Bertz CT molecular complexity index is 406. The van der Waals surface area contributed by atoms with E-state index in [0.29, 0.717) is 11.3 Å². The fourth-order valence-corrected chi connectivity index (χ4v) is 2.42. The van der Waals surface area contributed by atoms with Crippen LogP contribution in [0.15, 0.2) is 18.2 Å². The van der Waals surface area contributed by atoms with Crippen LogP contribution in [0.25, 0.3) is 0 Å². The molecule has 0 radical (unpaired) electrons. The Morgan fingerprint density at radius 2 is 2.23 bits per heavy atom. The maximum Gasteiger partial charge on any atom is 0.212 e. The molecule has 0 aliphatic carbocycles. The molecule has 0 aromatic heterocycles. The number of hydrogen-bond donors (Lipinski definition) is 0. The van der Waals surface area contributed by atoms with Gasteiger partial charge >= 0.3 is 0 Å². The number of nitrogens with zero attached hydrogens (tertiary/aromatic N) is 1. The first kappa shape index (κ1) is 8.33. The van der Waals surface area contributed by atoms with Crippen molar-refractivity contribution in [2.24, 2.45) is 0 Å². The summed E-state index contributed by atoms with van der Waals surface area (Å²) in [5, 5.41) is 8.67. The Morgan fingerprint density at radius 3 is 3.00 bits per heavy atom. The van der Waals surface area contributed by atoms with E-state index >= 15 is 0 Å². The topological polar surface area (TPSA) is 40.9 Å². The van der Waals surface area contributed by atoms with Crippen LogP contribution in [0.1, 0.15) is 21.5 Å². The number of ketones is 1. The van der Waals surface area contributed by atoms with E-state index in [4.69, 9.17) is 5.26 Å². The van der Waals surface area contributed by atoms with Gasteiger partial charge in [-0.1, -0.05) is 0 Å². The summed E-state index contributed by atoms with van der Waals surface area (Å²) in [6, 6.07) is 7.37. The smallest absolute Gasteiger partial charge is 0.212 e. The number of Topliss-reactive ketones (excluding diaryl/α,β-unsaturated/α-hetero) is 1. The van der Waals surface area contributed by atoms with E-state index in [2.05, 4.69) is 6.07 Å². The molecular formula is C10H8NOS+. The molecule has 1 heterocycles. The van der Waals surface area contributed by atoms with Crippen molar-refractivity contribution in [3.63, 3.8) is 0 Å². The van der Waals surface area contributed by atoms with Gasteiger partial charge in [-0.15, -0.1) is 0 Å². The number of fused-ring (bicyclic) bond motifs is 1. The first-order valence-electron chi connectivity index (χ1n) is 4.01. The molecule has 1 aromatic carbocycles. The average Bonchev–Trinajstić information content (AvgIpc) is 2.18. The van der Waals surface area contributed by atoms with Crippen LogP contribution in [0.2, 0.25) is 0 Å². The minimum absolute atomic E-state index is 0.201. The number of rotatable bonds is 0. The van der Waals surface area contributed by atoms with Crippen molar-refractivity contribution >= 4 is 17.5 Å². The maximum absolute atomic E-state index is 11.4. The molecule has 0 unspecified atom stereocenters. The van der Waals surface area contributed by atoms with E-state index in [0.717, 1.165) is 28.6 Å². The monoisotopic (exact) mass is 190 g/mol. The first-order valence-corrected chi connectivity index (χ1v) is 5.27. The summed E-state index contributed by atoms with van der Waals surface area (Å²) >= 11 is 1.15. The summed E-state index contributed by atoms with van der Waals surface area (Å²) in [6.07, 6.45) is 0. The van der Waals surface area contributed by atoms with E-state index in [1.54, 1.807) is 12.1 Å². The number of hydrogen-bond acceptors (Lipinski definition) is 2. The van der Waals surface area contributed by atoms with Gasteiger partial charge in [0.05, 0.1) is 11.6 Å². The third-order valence-corrected chi connectivity index (χ3v) is 3.15. The maximum atomic E-state index is 11.4. The second-order valence-electron chi connectivity index (χ2n) is 2.95. The Hall–Kier alpha value is -1.27. The van der Waals surface area contributed by atoms with Gasteiger partial charge in [0, 0.05) is 11.1 Å². The summed E-state index contributed by atoms with van der Waals surface area (Å²) < 4.78 is 0. The Kier molecular flexibility index (Phi) is 2.07. The zero-order valence-electron chi connectivity index (χ0n) is 6.95. The van der Waals surface area contributed by atoms with Crippen LogP contribution in [0, 0.1) is 11.3 Å². The second-order valence-corrected chi connectivity index (χ2v) is 4.03. The minimum atomic E-state index is 0.201. The van der Waals surface area contributed by atoms with Gasteiger partial charge < -0.3 is 0 Å². The van der Waals surface area contributed by atoms with Crippen molar-refractivity contribution in [1.82, 2.24) is 0 Å². The molecule has 13 heavy (non-hydrogen) atoms. The molecule has 0 spiro atoms.